The number of rotatable bonds is 10. The maximum absolute atomic E-state index is 9.89. The topological polar surface area (TPSA) is 50.7 Å². The lowest BCUT2D eigenvalue weighted by Crippen LogP contribution is -2.35. The van der Waals surface area contributed by atoms with E-state index < -0.39 is 0 Å². The predicted molar refractivity (Wildman–Crippen MR) is 75.2 cm³/mol. The standard InChI is InChI=1S/C15H29NO3/c1-18-9-8-15(6-7-15)12-16-10-13(17)11-19-14-4-2-3-5-14/h13-14,16-17H,2-12H2,1H3. The summed E-state index contributed by atoms with van der Waals surface area (Å²) in [7, 11) is 1.76. The van der Waals surface area contributed by atoms with Crippen molar-refractivity contribution in [3.05, 3.63) is 0 Å². The molecule has 19 heavy (non-hydrogen) atoms. The van der Waals surface area contributed by atoms with Gasteiger partial charge in [0.2, 0.25) is 0 Å². The van der Waals surface area contributed by atoms with Crippen LogP contribution in [0.15, 0.2) is 0 Å². The SMILES string of the molecule is COCCC1(CNCC(O)COC2CCCC2)CC1. The van der Waals surface area contributed by atoms with Crippen molar-refractivity contribution in [2.75, 3.05) is 33.4 Å². The van der Waals surface area contributed by atoms with E-state index in [1.54, 1.807) is 7.11 Å². The van der Waals surface area contributed by atoms with Crippen LogP contribution < -0.4 is 5.32 Å². The molecule has 2 N–H and O–H groups in total. The van der Waals surface area contributed by atoms with Crippen LogP contribution in [0.25, 0.3) is 0 Å². The van der Waals surface area contributed by atoms with E-state index in [2.05, 4.69) is 5.32 Å². The molecule has 2 fully saturated rings. The molecule has 0 aromatic rings. The van der Waals surface area contributed by atoms with Gasteiger partial charge in [-0.25, -0.2) is 0 Å². The van der Waals surface area contributed by atoms with E-state index in [4.69, 9.17) is 9.47 Å². The highest BCUT2D eigenvalue weighted by atomic mass is 16.5. The molecule has 1 unspecified atom stereocenters. The van der Waals surface area contributed by atoms with Crippen molar-refractivity contribution < 1.29 is 14.6 Å². The Morgan fingerprint density at radius 2 is 2.05 bits per heavy atom. The minimum atomic E-state index is -0.376. The van der Waals surface area contributed by atoms with Gasteiger partial charge in [-0.2, -0.15) is 0 Å². The molecule has 0 radical (unpaired) electrons. The Morgan fingerprint density at radius 1 is 1.32 bits per heavy atom. The molecule has 112 valence electrons. The average Bonchev–Trinajstić information content (AvgIpc) is 2.98. The van der Waals surface area contributed by atoms with Crippen LogP contribution >= 0.6 is 0 Å². The van der Waals surface area contributed by atoms with Crippen LogP contribution in [0.3, 0.4) is 0 Å². The summed E-state index contributed by atoms with van der Waals surface area (Å²) in [5, 5.41) is 13.3. The lowest BCUT2D eigenvalue weighted by atomic mass is 10.0. The molecule has 2 rings (SSSR count). The molecule has 0 spiro atoms. The van der Waals surface area contributed by atoms with Gasteiger partial charge in [0.05, 0.1) is 18.8 Å². The van der Waals surface area contributed by atoms with Gasteiger partial charge < -0.3 is 19.9 Å². The van der Waals surface area contributed by atoms with E-state index in [9.17, 15) is 5.11 Å². The van der Waals surface area contributed by atoms with Crippen LogP contribution in [0.2, 0.25) is 0 Å². The summed E-state index contributed by atoms with van der Waals surface area (Å²) in [6, 6.07) is 0. The van der Waals surface area contributed by atoms with Crippen molar-refractivity contribution in [1.82, 2.24) is 5.32 Å². The highest BCUT2D eigenvalue weighted by Crippen LogP contribution is 2.48. The third-order valence-electron chi connectivity index (χ3n) is 4.50. The van der Waals surface area contributed by atoms with Crippen molar-refractivity contribution >= 4 is 0 Å². The van der Waals surface area contributed by atoms with E-state index in [1.807, 2.05) is 0 Å². The Morgan fingerprint density at radius 3 is 2.68 bits per heavy atom. The van der Waals surface area contributed by atoms with Crippen LogP contribution in [0.4, 0.5) is 0 Å². The second-order valence-electron chi connectivity index (χ2n) is 6.27. The zero-order valence-corrected chi connectivity index (χ0v) is 12.2. The number of aliphatic hydroxyl groups is 1. The third-order valence-corrected chi connectivity index (χ3v) is 4.50. The Labute approximate surface area is 116 Å². The number of methoxy groups -OCH3 is 1. The van der Waals surface area contributed by atoms with E-state index in [-0.39, 0.29) is 6.10 Å². The first-order valence-electron chi connectivity index (χ1n) is 7.73. The fourth-order valence-electron chi connectivity index (χ4n) is 2.88. The molecule has 4 nitrogen and oxygen atoms in total. The van der Waals surface area contributed by atoms with E-state index in [1.165, 1.54) is 38.5 Å². The van der Waals surface area contributed by atoms with Gasteiger partial charge in [-0.15, -0.1) is 0 Å². The number of ether oxygens (including phenoxy) is 2. The quantitative estimate of drug-likeness (QED) is 0.635. The lowest BCUT2D eigenvalue weighted by molar-refractivity contribution is -0.00581. The first-order valence-corrected chi connectivity index (χ1v) is 7.73. The van der Waals surface area contributed by atoms with Crippen LogP contribution in [-0.4, -0.2) is 50.7 Å². The fourth-order valence-corrected chi connectivity index (χ4v) is 2.88. The summed E-state index contributed by atoms with van der Waals surface area (Å²) in [5.41, 5.74) is 0.446. The molecule has 0 bridgehead atoms. The van der Waals surface area contributed by atoms with Gasteiger partial charge in [0.15, 0.2) is 0 Å². The van der Waals surface area contributed by atoms with Crippen molar-refractivity contribution in [2.45, 2.75) is 57.2 Å². The van der Waals surface area contributed by atoms with Gasteiger partial charge in [0, 0.05) is 26.8 Å². The number of aliphatic hydroxyl groups excluding tert-OH is 1. The second-order valence-corrected chi connectivity index (χ2v) is 6.27. The summed E-state index contributed by atoms with van der Waals surface area (Å²) in [5.74, 6) is 0. The molecule has 0 amide bonds. The Hall–Kier alpha value is -0.160. The summed E-state index contributed by atoms with van der Waals surface area (Å²) in [6.07, 6.45) is 8.62. The first kappa shape index (κ1) is 15.2. The van der Waals surface area contributed by atoms with Crippen molar-refractivity contribution in [1.29, 1.82) is 0 Å². The van der Waals surface area contributed by atoms with Gasteiger partial charge >= 0.3 is 0 Å². The summed E-state index contributed by atoms with van der Waals surface area (Å²) >= 11 is 0. The number of hydrogen-bond acceptors (Lipinski definition) is 4. The number of nitrogens with one attached hydrogen (secondary N) is 1. The zero-order chi connectivity index (χ0) is 13.6. The minimum absolute atomic E-state index is 0.376. The summed E-state index contributed by atoms with van der Waals surface area (Å²) in [4.78, 5) is 0. The third kappa shape index (κ3) is 5.38. The maximum Gasteiger partial charge on any atom is 0.0897 e. The fraction of sp³-hybridized carbons (Fsp3) is 1.00. The molecular weight excluding hydrogens is 242 g/mol. The predicted octanol–water partition coefficient (Wildman–Crippen LogP) is 1.71. The van der Waals surface area contributed by atoms with Gasteiger partial charge in [-0.3, -0.25) is 0 Å². The molecule has 0 heterocycles. The van der Waals surface area contributed by atoms with Gasteiger partial charge in [0.1, 0.15) is 0 Å². The maximum atomic E-state index is 9.89. The van der Waals surface area contributed by atoms with Gasteiger partial charge in [-0.1, -0.05) is 12.8 Å². The van der Waals surface area contributed by atoms with E-state index in [0.717, 1.165) is 19.6 Å². The van der Waals surface area contributed by atoms with Crippen molar-refractivity contribution in [2.24, 2.45) is 5.41 Å². The van der Waals surface area contributed by atoms with Crippen LogP contribution in [0.1, 0.15) is 44.9 Å². The number of hydrogen-bond donors (Lipinski definition) is 2. The Kier molecular flexibility index (Phi) is 6.07. The molecule has 0 saturated heterocycles. The van der Waals surface area contributed by atoms with Crippen LogP contribution in [0.5, 0.6) is 0 Å². The van der Waals surface area contributed by atoms with Gasteiger partial charge in [0.25, 0.3) is 0 Å². The molecule has 2 aliphatic carbocycles. The normalized spacial score (nSPS) is 23.7. The molecule has 0 aromatic carbocycles. The molecule has 2 aliphatic rings. The van der Waals surface area contributed by atoms with Gasteiger partial charge in [-0.05, 0) is 37.5 Å². The second kappa shape index (κ2) is 7.58. The lowest BCUT2D eigenvalue weighted by Gasteiger charge is -2.19. The smallest absolute Gasteiger partial charge is 0.0897 e. The monoisotopic (exact) mass is 271 g/mol. The van der Waals surface area contributed by atoms with Crippen molar-refractivity contribution in [3.63, 3.8) is 0 Å². The molecular formula is C15H29NO3. The highest BCUT2D eigenvalue weighted by molar-refractivity contribution is 4.94. The van der Waals surface area contributed by atoms with E-state index in [0.29, 0.717) is 24.7 Å². The largest absolute Gasteiger partial charge is 0.389 e. The van der Waals surface area contributed by atoms with E-state index >= 15 is 0 Å². The summed E-state index contributed by atoms with van der Waals surface area (Å²) < 4.78 is 10.9. The minimum Gasteiger partial charge on any atom is -0.389 e. The average molecular weight is 271 g/mol. The van der Waals surface area contributed by atoms with Crippen LogP contribution in [0, 0.1) is 5.41 Å². The first-order chi connectivity index (χ1) is 9.24. The molecule has 2 saturated carbocycles. The molecule has 0 aromatic heterocycles. The molecule has 4 heteroatoms. The molecule has 1 atom stereocenters. The Balaban J connectivity index is 1.50. The highest BCUT2D eigenvalue weighted by Gasteiger charge is 2.41. The van der Waals surface area contributed by atoms with Crippen molar-refractivity contribution in [3.8, 4) is 0 Å². The molecule has 0 aliphatic heterocycles. The zero-order valence-electron chi connectivity index (χ0n) is 12.2. The Bertz CT molecular complexity index is 250. The van der Waals surface area contributed by atoms with Crippen LogP contribution in [-0.2, 0) is 9.47 Å². The summed E-state index contributed by atoms with van der Waals surface area (Å²) in [6.45, 7) is 2.95.